The van der Waals surface area contributed by atoms with Gasteiger partial charge in [0.15, 0.2) is 0 Å². The van der Waals surface area contributed by atoms with E-state index in [0.717, 1.165) is 11.3 Å². The first kappa shape index (κ1) is 11.0. The third kappa shape index (κ3) is 2.26. The van der Waals surface area contributed by atoms with Crippen LogP contribution < -0.4 is 4.90 Å². The molecular formula is C10H12BrNO2. The molecule has 0 bridgehead atoms. The predicted octanol–water partition coefficient (Wildman–Crippen LogP) is 3.09. The lowest BCUT2D eigenvalue weighted by Crippen LogP contribution is -2.29. The molecule has 0 spiro atoms. The minimum absolute atomic E-state index is 0.458. The maximum absolute atomic E-state index is 10.9. The molecule has 0 saturated carbocycles. The van der Waals surface area contributed by atoms with Crippen LogP contribution in [-0.2, 0) is 5.33 Å². The van der Waals surface area contributed by atoms with E-state index < -0.39 is 6.09 Å². The smallest absolute Gasteiger partial charge is 0.411 e. The molecule has 1 N–H and O–H groups in total. The summed E-state index contributed by atoms with van der Waals surface area (Å²) in [6, 6.07) is 7.47. The molecule has 14 heavy (non-hydrogen) atoms. The molecule has 0 atom stereocenters. The number of amides is 1. The second kappa shape index (κ2) is 5.00. The van der Waals surface area contributed by atoms with Crippen LogP contribution in [0.25, 0.3) is 0 Å². The molecule has 0 aromatic heterocycles. The quantitative estimate of drug-likeness (QED) is 0.846. The Bertz CT molecular complexity index is 328. The fourth-order valence-electron chi connectivity index (χ4n) is 1.30. The minimum atomic E-state index is -0.916. The van der Waals surface area contributed by atoms with Gasteiger partial charge in [-0.2, -0.15) is 0 Å². The molecular weight excluding hydrogens is 246 g/mol. The molecule has 1 aromatic carbocycles. The summed E-state index contributed by atoms with van der Waals surface area (Å²) in [7, 11) is 0. The van der Waals surface area contributed by atoms with Gasteiger partial charge < -0.3 is 5.11 Å². The number of anilines is 1. The second-order valence-electron chi connectivity index (χ2n) is 2.79. The molecule has 4 heteroatoms. The lowest BCUT2D eigenvalue weighted by molar-refractivity contribution is 0.202. The Labute approximate surface area is 91.5 Å². The first-order valence-electron chi connectivity index (χ1n) is 4.35. The average molecular weight is 258 g/mol. The molecule has 1 aromatic rings. The standard InChI is InChI=1S/C10H12BrNO2/c1-2-12(10(13)14)9-6-4-3-5-8(9)7-11/h3-6H,2,7H2,1H3,(H,13,14). The van der Waals surface area contributed by atoms with E-state index in [-0.39, 0.29) is 0 Å². The maximum Gasteiger partial charge on any atom is 0.411 e. The van der Waals surface area contributed by atoms with E-state index in [9.17, 15) is 4.79 Å². The lowest BCUT2D eigenvalue weighted by atomic mass is 10.2. The molecule has 1 rings (SSSR count). The van der Waals surface area contributed by atoms with Crippen LogP contribution in [0.1, 0.15) is 12.5 Å². The molecule has 0 heterocycles. The largest absolute Gasteiger partial charge is 0.465 e. The van der Waals surface area contributed by atoms with Gasteiger partial charge in [-0.05, 0) is 18.6 Å². The topological polar surface area (TPSA) is 40.5 Å². The van der Waals surface area contributed by atoms with Gasteiger partial charge in [-0.25, -0.2) is 4.79 Å². The van der Waals surface area contributed by atoms with Crippen LogP contribution in [0, 0.1) is 0 Å². The molecule has 0 radical (unpaired) electrons. The molecule has 1 amide bonds. The van der Waals surface area contributed by atoms with Gasteiger partial charge in [0.05, 0.1) is 5.69 Å². The second-order valence-corrected chi connectivity index (χ2v) is 3.35. The Hall–Kier alpha value is -1.03. The normalized spacial score (nSPS) is 9.86. The number of carboxylic acid groups (broad SMARTS) is 1. The molecule has 0 aliphatic rings. The van der Waals surface area contributed by atoms with Gasteiger partial charge in [0.25, 0.3) is 0 Å². The van der Waals surface area contributed by atoms with Crippen molar-refractivity contribution in [3.63, 3.8) is 0 Å². The van der Waals surface area contributed by atoms with Crippen LogP contribution in [-0.4, -0.2) is 17.7 Å². The third-order valence-corrected chi connectivity index (χ3v) is 2.58. The highest BCUT2D eigenvalue weighted by Gasteiger charge is 2.14. The van der Waals surface area contributed by atoms with Crippen LogP contribution in [0.15, 0.2) is 24.3 Å². The number of rotatable bonds is 3. The minimum Gasteiger partial charge on any atom is -0.465 e. The van der Waals surface area contributed by atoms with Crippen molar-refractivity contribution in [2.75, 3.05) is 11.4 Å². The van der Waals surface area contributed by atoms with Crippen molar-refractivity contribution in [1.29, 1.82) is 0 Å². The number of hydrogen-bond acceptors (Lipinski definition) is 1. The molecule has 3 nitrogen and oxygen atoms in total. The molecule has 0 saturated heterocycles. The summed E-state index contributed by atoms with van der Waals surface area (Å²) >= 11 is 3.34. The van der Waals surface area contributed by atoms with Crippen molar-refractivity contribution >= 4 is 27.7 Å². The molecule has 0 unspecified atom stereocenters. The van der Waals surface area contributed by atoms with Crippen molar-refractivity contribution < 1.29 is 9.90 Å². The maximum atomic E-state index is 10.9. The summed E-state index contributed by atoms with van der Waals surface area (Å²) < 4.78 is 0. The van der Waals surface area contributed by atoms with Crippen molar-refractivity contribution in [2.45, 2.75) is 12.3 Å². The van der Waals surface area contributed by atoms with Crippen molar-refractivity contribution in [3.05, 3.63) is 29.8 Å². The average Bonchev–Trinajstić information content (AvgIpc) is 2.19. The Morgan fingerprint density at radius 1 is 1.50 bits per heavy atom. The number of alkyl halides is 1. The fourth-order valence-corrected chi connectivity index (χ4v) is 1.77. The summed E-state index contributed by atoms with van der Waals surface area (Å²) in [5.41, 5.74) is 1.73. The molecule has 0 fully saturated rings. The summed E-state index contributed by atoms with van der Waals surface area (Å²) in [6.45, 7) is 2.28. The Morgan fingerprint density at radius 3 is 2.64 bits per heavy atom. The molecule has 0 aliphatic heterocycles. The third-order valence-electron chi connectivity index (χ3n) is 1.97. The van der Waals surface area contributed by atoms with E-state index in [1.54, 1.807) is 0 Å². The van der Waals surface area contributed by atoms with Gasteiger partial charge in [-0.1, -0.05) is 34.1 Å². The van der Waals surface area contributed by atoms with Gasteiger partial charge in [-0.3, -0.25) is 4.90 Å². The monoisotopic (exact) mass is 257 g/mol. The zero-order valence-corrected chi connectivity index (χ0v) is 9.49. The van der Waals surface area contributed by atoms with Crippen LogP contribution in [0.3, 0.4) is 0 Å². The number of hydrogen-bond donors (Lipinski definition) is 1. The number of carbonyl (C=O) groups is 1. The highest BCUT2D eigenvalue weighted by atomic mass is 79.9. The van der Waals surface area contributed by atoms with Crippen molar-refractivity contribution in [3.8, 4) is 0 Å². The zero-order chi connectivity index (χ0) is 10.6. The van der Waals surface area contributed by atoms with E-state index in [2.05, 4.69) is 15.9 Å². The van der Waals surface area contributed by atoms with Crippen LogP contribution in [0.2, 0.25) is 0 Å². The Morgan fingerprint density at radius 2 is 2.14 bits per heavy atom. The van der Waals surface area contributed by atoms with E-state index in [1.165, 1.54) is 4.90 Å². The van der Waals surface area contributed by atoms with Crippen LogP contribution >= 0.6 is 15.9 Å². The highest BCUT2D eigenvalue weighted by molar-refractivity contribution is 9.08. The van der Waals surface area contributed by atoms with Crippen molar-refractivity contribution in [1.82, 2.24) is 0 Å². The number of nitrogens with zero attached hydrogens (tertiary/aromatic N) is 1. The summed E-state index contributed by atoms with van der Waals surface area (Å²) in [5, 5.41) is 9.62. The predicted molar refractivity (Wildman–Crippen MR) is 60.1 cm³/mol. The number of benzene rings is 1. The van der Waals surface area contributed by atoms with E-state index in [1.807, 2.05) is 31.2 Å². The summed E-state index contributed by atoms with van der Waals surface area (Å²) in [6.07, 6.45) is -0.916. The van der Waals surface area contributed by atoms with Gasteiger partial charge in [0.1, 0.15) is 0 Å². The number of para-hydroxylation sites is 1. The van der Waals surface area contributed by atoms with Gasteiger partial charge >= 0.3 is 6.09 Å². The zero-order valence-electron chi connectivity index (χ0n) is 7.90. The lowest BCUT2D eigenvalue weighted by Gasteiger charge is -2.19. The van der Waals surface area contributed by atoms with E-state index in [0.29, 0.717) is 11.9 Å². The van der Waals surface area contributed by atoms with E-state index >= 15 is 0 Å². The van der Waals surface area contributed by atoms with Gasteiger partial charge in [0, 0.05) is 11.9 Å². The van der Waals surface area contributed by atoms with Crippen LogP contribution in [0.5, 0.6) is 0 Å². The van der Waals surface area contributed by atoms with E-state index in [4.69, 9.17) is 5.11 Å². The van der Waals surface area contributed by atoms with Crippen LogP contribution in [0.4, 0.5) is 10.5 Å². The van der Waals surface area contributed by atoms with Gasteiger partial charge in [-0.15, -0.1) is 0 Å². The fraction of sp³-hybridized carbons (Fsp3) is 0.300. The number of halogens is 1. The summed E-state index contributed by atoms with van der Waals surface area (Å²) in [4.78, 5) is 12.2. The first-order chi connectivity index (χ1) is 6.70. The Balaban J connectivity index is 3.08. The molecule has 76 valence electrons. The SMILES string of the molecule is CCN(C(=O)O)c1ccccc1CBr. The van der Waals surface area contributed by atoms with Gasteiger partial charge in [0.2, 0.25) is 0 Å². The Kier molecular flexibility index (Phi) is 3.95. The van der Waals surface area contributed by atoms with Crippen molar-refractivity contribution in [2.24, 2.45) is 0 Å². The molecule has 0 aliphatic carbocycles. The highest BCUT2D eigenvalue weighted by Crippen LogP contribution is 2.22. The summed E-state index contributed by atoms with van der Waals surface area (Å²) in [5.74, 6) is 0. The first-order valence-corrected chi connectivity index (χ1v) is 5.47.